The fraction of sp³-hybridized carbons (Fsp3) is 0.143. The summed E-state index contributed by atoms with van der Waals surface area (Å²) in [5.74, 6) is -1.30. The Bertz CT molecular complexity index is 1740. The van der Waals surface area contributed by atoms with Crippen LogP contribution in [0.15, 0.2) is 101 Å². The van der Waals surface area contributed by atoms with E-state index in [1.54, 1.807) is 79.7 Å². The van der Waals surface area contributed by atoms with Crippen LogP contribution in [0.4, 0.5) is 21.9 Å². The van der Waals surface area contributed by atoms with Crippen molar-refractivity contribution in [3.8, 4) is 11.5 Å². The van der Waals surface area contributed by atoms with E-state index in [4.69, 9.17) is 9.47 Å². The Balaban J connectivity index is 1.47. The third kappa shape index (κ3) is 6.81. The van der Waals surface area contributed by atoms with Gasteiger partial charge in [-0.05, 0) is 102 Å². The second kappa shape index (κ2) is 13.6. The van der Waals surface area contributed by atoms with Gasteiger partial charge in [0.25, 0.3) is 17.7 Å². The molecule has 9 nitrogen and oxygen atoms in total. The molecule has 4 aromatic carbocycles. The number of rotatable bonds is 9. The van der Waals surface area contributed by atoms with Crippen molar-refractivity contribution in [2.24, 2.45) is 0 Å². The number of nitrogens with zero attached hydrogens (tertiary/aromatic N) is 2. The molecule has 0 aromatic heterocycles. The normalized spacial score (nSPS) is 13.2. The Morgan fingerprint density at radius 3 is 2.00 bits per heavy atom. The molecule has 4 aromatic rings. The minimum absolute atomic E-state index is 0.224. The molecule has 0 spiro atoms. The molecule has 0 aliphatic carbocycles. The van der Waals surface area contributed by atoms with Gasteiger partial charge < -0.3 is 14.8 Å². The molecule has 1 fully saturated rings. The first-order valence-electron chi connectivity index (χ1n) is 14.2. The van der Waals surface area contributed by atoms with Crippen LogP contribution in [0, 0.1) is 13.8 Å². The molecule has 0 atom stereocenters. The van der Waals surface area contributed by atoms with Crippen molar-refractivity contribution < 1.29 is 28.7 Å². The molecule has 0 saturated carbocycles. The number of nitrogens with one attached hydrogen (secondary N) is 1. The van der Waals surface area contributed by atoms with Crippen molar-refractivity contribution in [3.05, 3.63) is 118 Å². The number of benzene rings is 4. The topological polar surface area (TPSA) is 105 Å². The van der Waals surface area contributed by atoms with Gasteiger partial charge in [-0.2, -0.15) is 0 Å². The molecule has 5 amide bonds. The first kappa shape index (κ1) is 31.2. The maximum absolute atomic E-state index is 13.7. The molecule has 10 heteroatoms. The highest BCUT2D eigenvalue weighted by Crippen LogP contribution is 2.38. The Kier molecular flexibility index (Phi) is 9.44. The van der Waals surface area contributed by atoms with Gasteiger partial charge in [0.2, 0.25) is 0 Å². The summed E-state index contributed by atoms with van der Waals surface area (Å²) in [4.78, 5) is 55.7. The maximum Gasteiger partial charge on any atom is 0.343 e. The highest BCUT2D eigenvalue weighted by atomic mass is 79.9. The summed E-state index contributed by atoms with van der Waals surface area (Å²) in [6.07, 6.45) is 1.41. The highest BCUT2D eigenvalue weighted by molar-refractivity contribution is 9.10. The molecule has 1 heterocycles. The first-order valence-corrected chi connectivity index (χ1v) is 15.0. The van der Waals surface area contributed by atoms with Crippen LogP contribution in [0.2, 0.25) is 0 Å². The number of carbonyl (C=O) groups excluding carboxylic acids is 4. The van der Waals surface area contributed by atoms with E-state index in [0.717, 1.165) is 20.9 Å². The molecular weight excluding hydrogens is 638 g/mol. The van der Waals surface area contributed by atoms with E-state index < -0.39 is 17.8 Å². The average Bonchev–Trinajstić information content (AvgIpc) is 3.02. The van der Waals surface area contributed by atoms with Crippen molar-refractivity contribution in [3.63, 3.8) is 0 Å². The zero-order valence-corrected chi connectivity index (χ0v) is 26.5. The van der Waals surface area contributed by atoms with E-state index in [0.29, 0.717) is 32.8 Å². The van der Waals surface area contributed by atoms with Crippen LogP contribution in [0.5, 0.6) is 11.5 Å². The van der Waals surface area contributed by atoms with Crippen molar-refractivity contribution in [2.75, 3.05) is 28.3 Å². The molecule has 1 aliphatic heterocycles. The average molecular weight is 669 g/mol. The van der Waals surface area contributed by atoms with E-state index in [2.05, 4.69) is 21.2 Å². The zero-order chi connectivity index (χ0) is 32.1. The quantitative estimate of drug-likeness (QED) is 0.151. The number of ether oxygens (including phenoxy) is 2. The SMILES string of the molecule is CCOc1cc(C=C2C(=O)N(c3ccccc3)C(=O)N(c3ccccc3)C2=O)cc(Br)c1OCC(=O)Nc1cc(C)ccc1C. The van der Waals surface area contributed by atoms with Crippen molar-refractivity contribution in [1.82, 2.24) is 0 Å². The third-order valence-electron chi connectivity index (χ3n) is 6.94. The molecule has 0 radical (unpaired) electrons. The standard InChI is InChI=1S/C35H30BrN3O6/c1-4-44-30-20-24(19-28(36)32(30)45-21-31(40)37-29-17-22(2)15-16-23(29)3)18-27-33(41)38(25-11-7-5-8-12-25)35(43)39(34(27)42)26-13-9-6-10-14-26/h5-20H,4,21H2,1-3H3,(H,37,40). The molecule has 0 bridgehead atoms. The summed E-state index contributed by atoms with van der Waals surface area (Å²) in [6, 6.07) is 25.1. The number of hydrogen-bond acceptors (Lipinski definition) is 6. The van der Waals surface area contributed by atoms with Gasteiger partial charge in [-0.3, -0.25) is 14.4 Å². The fourth-order valence-electron chi connectivity index (χ4n) is 4.77. The number of carbonyl (C=O) groups is 4. The summed E-state index contributed by atoms with van der Waals surface area (Å²) in [7, 11) is 0. The predicted octanol–water partition coefficient (Wildman–Crippen LogP) is 7.07. The van der Waals surface area contributed by atoms with Crippen molar-refractivity contribution in [2.45, 2.75) is 20.8 Å². The second-order valence-electron chi connectivity index (χ2n) is 10.2. The van der Waals surface area contributed by atoms with Gasteiger partial charge in [-0.15, -0.1) is 0 Å². The van der Waals surface area contributed by atoms with Gasteiger partial charge in [-0.25, -0.2) is 14.6 Å². The number of hydrogen-bond donors (Lipinski definition) is 1. The van der Waals surface area contributed by atoms with Crippen molar-refractivity contribution >= 4 is 62.8 Å². The molecule has 1 aliphatic rings. The summed E-state index contributed by atoms with van der Waals surface area (Å²) in [5.41, 5.74) is 3.50. The smallest absolute Gasteiger partial charge is 0.343 e. The number of halogens is 1. The number of aryl methyl sites for hydroxylation is 2. The van der Waals surface area contributed by atoms with Crippen LogP contribution in [0.3, 0.4) is 0 Å². The van der Waals surface area contributed by atoms with E-state index in [1.807, 2.05) is 32.0 Å². The zero-order valence-electron chi connectivity index (χ0n) is 24.9. The summed E-state index contributed by atoms with van der Waals surface area (Å²) in [5, 5.41) is 2.86. The number of anilines is 3. The largest absolute Gasteiger partial charge is 0.490 e. The van der Waals surface area contributed by atoms with Crippen LogP contribution in [0.25, 0.3) is 6.08 Å². The van der Waals surface area contributed by atoms with Crippen LogP contribution >= 0.6 is 15.9 Å². The molecule has 1 N–H and O–H groups in total. The number of barbiturate groups is 1. The van der Waals surface area contributed by atoms with E-state index in [-0.39, 0.29) is 30.4 Å². The Morgan fingerprint density at radius 1 is 0.822 bits per heavy atom. The molecule has 45 heavy (non-hydrogen) atoms. The number of urea groups is 1. The highest BCUT2D eigenvalue weighted by Gasteiger charge is 2.43. The first-order chi connectivity index (χ1) is 21.7. The van der Waals surface area contributed by atoms with Gasteiger partial charge >= 0.3 is 6.03 Å². The van der Waals surface area contributed by atoms with E-state index in [9.17, 15) is 19.2 Å². The number of imide groups is 2. The lowest BCUT2D eigenvalue weighted by molar-refractivity contribution is -0.121. The molecule has 0 unspecified atom stereocenters. The van der Waals surface area contributed by atoms with Gasteiger partial charge in [0, 0.05) is 5.69 Å². The van der Waals surface area contributed by atoms with E-state index >= 15 is 0 Å². The number of para-hydroxylation sites is 2. The van der Waals surface area contributed by atoms with Crippen molar-refractivity contribution in [1.29, 1.82) is 0 Å². The lowest BCUT2D eigenvalue weighted by atomic mass is 10.0. The maximum atomic E-state index is 13.7. The molecule has 1 saturated heterocycles. The van der Waals surface area contributed by atoms with Crippen LogP contribution < -0.4 is 24.6 Å². The fourth-order valence-corrected chi connectivity index (χ4v) is 5.35. The molecule has 5 rings (SSSR count). The molecule has 228 valence electrons. The minimum Gasteiger partial charge on any atom is -0.490 e. The Labute approximate surface area is 269 Å². The predicted molar refractivity (Wildman–Crippen MR) is 177 cm³/mol. The van der Waals surface area contributed by atoms with Gasteiger partial charge in [0.1, 0.15) is 5.57 Å². The lowest BCUT2D eigenvalue weighted by Gasteiger charge is -2.34. The van der Waals surface area contributed by atoms with Gasteiger partial charge in [0.05, 0.1) is 22.5 Å². The van der Waals surface area contributed by atoms with Crippen LogP contribution in [-0.2, 0) is 14.4 Å². The monoisotopic (exact) mass is 667 g/mol. The summed E-state index contributed by atoms with van der Waals surface area (Å²) in [6.45, 7) is 5.64. The Hall–Kier alpha value is -5.22. The van der Waals surface area contributed by atoms with Gasteiger partial charge in [0.15, 0.2) is 18.1 Å². The van der Waals surface area contributed by atoms with Gasteiger partial charge in [-0.1, -0.05) is 48.5 Å². The summed E-state index contributed by atoms with van der Waals surface area (Å²) >= 11 is 3.50. The van der Waals surface area contributed by atoms with Crippen LogP contribution in [0.1, 0.15) is 23.6 Å². The minimum atomic E-state index is -0.779. The second-order valence-corrected chi connectivity index (χ2v) is 11.1. The van der Waals surface area contributed by atoms with Crippen LogP contribution in [-0.4, -0.2) is 37.0 Å². The number of amides is 5. The summed E-state index contributed by atoms with van der Waals surface area (Å²) < 4.78 is 12.1. The Morgan fingerprint density at radius 2 is 1.42 bits per heavy atom. The lowest BCUT2D eigenvalue weighted by Crippen LogP contribution is -2.57. The molecular formula is C35H30BrN3O6. The van der Waals surface area contributed by atoms with E-state index in [1.165, 1.54) is 6.08 Å². The third-order valence-corrected chi connectivity index (χ3v) is 7.52.